The number of piperidine rings is 1. The monoisotopic (exact) mass is 284 g/mol. The number of carbonyl (C=O) groups excluding carboxylic acids is 1. The Labute approximate surface area is 124 Å². The van der Waals surface area contributed by atoms with E-state index in [2.05, 4.69) is 12.1 Å². The van der Waals surface area contributed by atoms with E-state index >= 15 is 0 Å². The fourth-order valence-electron chi connectivity index (χ4n) is 2.78. The highest BCUT2D eigenvalue weighted by Crippen LogP contribution is 2.23. The van der Waals surface area contributed by atoms with E-state index < -0.39 is 0 Å². The quantitative estimate of drug-likeness (QED) is 0.845. The first-order valence-electron chi connectivity index (χ1n) is 7.50. The predicted molar refractivity (Wildman–Crippen MR) is 81.0 cm³/mol. The first kappa shape index (κ1) is 13.9. The summed E-state index contributed by atoms with van der Waals surface area (Å²) >= 11 is 0. The highest BCUT2D eigenvalue weighted by molar-refractivity contribution is 5.92. The molecule has 0 saturated carbocycles. The molecule has 0 aliphatic carbocycles. The minimum absolute atomic E-state index is 0.0481. The summed E-state index contributed by atoms with van der Waals surface area (Å²) in [6.07, 6.45) is 3.32. The van der Waals surface area contributed by atoms with Crippen molar-refractivity contribution >= 4 is 5.91 Å². The maximum absolute atomic E-state index is 12.5. The summed E-state index contributed by atoms with van der Waals surface area (Å²) < 4.78 is 5.27. The van der Waals surface area contributed by atoms with Gasteiger partial charge in [-0.2, -0.15) is 0 Å². The van der Waals surface area contributed by atoms with E-state index in [1.807, 2.05) is 36.1 Å². The molecule has 2 aromatic rings. The standard InChI is InChI=1S/C17H20N2O2/c1-12-6-8-14(9-7-12)15-11-16(21-18-15)17(20)19-10-4-3-5-13(19)2/h6-9,11,13H,3-5,10H2,1-2H3. The van der Waals surface area contributed by atoms with E-state index in [1.165, 1.54) is 12.0 Å². The molecular weight excluding hydrogens is 264 g/mol. The number of amides is 1. The molecule has 1 aromatic heterocycles. The van der Waals surface area contributed by atoms with E-state index in [4.69, 9.17) is 4.52 Å². The molecule has 0 radical (unpaired) electrons. The van der Waals surface area contributed by atoms with Gasteiger partial charge in [0.25, 0.3) is 5.91 Å². The van der Waals surface area contributed by atoms with E-state index in [-0.39, 0.29) is 11.9 Å². The van der Waals surface area contributed by atoms with Crippen molar-refractivity contribution in [3.05, 3.63) is 41.7 Å². The number of rotatable bonds is 2. The van der Waals surface area contributed by atoms with Gasteiger partial charge in [0.15, 0.2) is 0 Å². The van der Waals surface area contributed by atoms with Crippen LogP contribution in [0.15, 0.2) is 34.9 Å². The molecule has 2 heterocycles. The summed E-state index contributed by atoms with van der Waals surface area (Å²) in [6.45, 7) is 4.94. The average Bonchev–Trinajstić information content (AvgIpc) is 2.98. The van der Waals surface area contributed by atoms with Gasteiger partial charge in [-0.25, -0.2) is 0 Å². The van der Waals surface area contributed by atoms with Crippen LogP contribution >= 0.6 is 0 Å². The Kier molecular flexibility index (Phi) is 3.78. The zero-order valence-corrected chi connectivity index (χ0v) is 12.5. The number of likely N-dealkylation sites (tertiary alicyclic amines) is 1. The van der Waals surface area contributed by atoms with Crippen molar-refractivity contribution in [2.75, 3.05) is 6.54 Å². The van der Waals surface area contributed by atoms with E-state index in [1.54, 1.807) is 6.07 Å². The Bertz CT molecular complexity index is 630. The van der Waals surface area contributed by atoms with Crippen molar-refractivity contribution in [1.82, 2.24) is 10.1 Å². The van der Waals surface area contributed by atoms with E-state index in [9.17, 15) is 4.79 Å². The van der Waals surface area contributed by atoms with Crippen molar-refractivity contribution in [2.45, 2.75) is 39.2 Å². The van der Waals surface area contributed by atoms with Gasteiger partial charge in [-0.05, 0) is 33.1 Å². The molecule has 4 heteroatoms. The minimum Gasteiger partial charge on any atom is -0.350 e. The molecule has 0 spiro atoms. The molecule has 21 heavy (non-hydrogen) atoms. The smallest absolute Gasteiger partial charge is 0.292 e. The van der Waals surface area contributed by atoms with Crippen LogP contribution in [0.5, 0.6) is 0 Å². The van der Waals surface area contributed by atoms with Gasteiger partial charge < -0.3 is 9.42 Å². The Hall–Kier alpha value is -2.10. The highest BCUT2D eigenvalue weighted by atomic mass is 16.5. The molecule has 1 aliphatic rings. The largest absolute Gasteiger partial charge is 0.350 e. The Balaban J connectivity index is 1.81. The van der Waals surface area contributed by atoms with E-state index in [0.29, 0.717) is 11.5 Å². The topological polar surface area (TPSA) is 46.3 Å². The molecule has 1 saturated heterocycles. The molecule has 4 nitrogen and oxygen atoms in total. The lowest BCUT2D eigenvalue weighted by atomic mass is 10.0. The van der Waals surface area contributed by atoms with Crippen LogP contribution in [0.3, 0.4) is 0 Å². The van der Waals surface area contributed by atoms with Crippen LogP contribution in [0.25, 0.3) is 11.3 Å². The van der Waals surface area contributed by atoms with Crippen LogP contribution in [-0.4, -0.2) is 28.6 Å². The Morgan fingerprint density at radius 3 is 2.76 bits per heavy atom. The maximum Gasteiger partial charge on any atom is 0.292 e. The van der Waals surface area contributed by atoms with Gasteiger partial charge in [0.2, 0.25) is 5.76 Å². The predicted octanol–water partition coefficient (Wildman–Crippen LogP) is 3.66. The molecule has 1 unspecified atom stereocenters. The Morgan fingerprint density at radius 2 is 2.05 bits per heavy atom. The third-order valence-corrected chi connectivity index (χ3v) is 4.13. The second kappa shape index (κ2) is 5.72. The number of hydrogen-bond donors (Lipinski definition) is 0. The molecule has 110 valence electrons. The molecule has 0 N–H and O–H groups in total. The van der Waals surface area contributed by atoms with Crippen molar-refractivity contribution in [3.8, 4) is 11.3 Å². The van der Waals surface area contributed by atoms with Crippen LogP contribution in [0.1, 0.15) is 42.3 Å². The van der Waals surface area contributed by atoms with Gasteiger partial charge in [0, 0.05) is 24.2 Å². The lowest BCUT2D eigenvalue weighted by molar-refractivity contribution is 0.0593. The van der Waals surface area contributed by atoms with Crippen molar-refractivity contribution < 1.29 is 9.32 Å². The number of nitrogens with zero attached hydrogens (tertiary/aromatic N) is 2. The third kappa shape index (κ3) is 2.84. The van der Waals surface area contributed by atoms with Crippen LogP contribution < -0.4 is 0 Å². The fourth-order valence-corrected chi connectivity index (χ4v) is 2.78. The minimum atomic E-state index is -0.0481. The molecular formula is C17H20N2O2. The summed E-state index contributed by atoms with van der Waals surface area (Å²) in [7, 11) is 0. The second-order valence-electron chi connectivity index (χ2n) is 5.79. The summed E-state index contributed by atoms with van der Waals surface area (Å²) in [4.78, 5) is 14.4. The van der Waals surface area contributed by atoms with Crippen molar-refractivity contribution in [2.24, 2.45) is 0 Å². The maximum atomic E-state index is 12.5. The van der Waals surface area contributed by atoms with Crippen LogP contribution in [-0.2, 0) is 0 Å². The first-order valence-corrected chi connectivity index (χ1v) is 7.50. The number of hydrogen-bond acceptors (Lipinski definition) is 3. The molecule has 1 amide bonds. The average molecular weight is 284 g/mol. The van der Waals surface area contributed by atoms with E-state index in [0.717, 1.165) is 24.9 Å². The van der Waals surface area contributed by atoms with Crippen LogP contribution in [0.2, 0.25) is 0 Å². The van der Waals surface area contributed by atoms with Gasteiger partial charge in [-0.1, -0.05) is 35.0 Å². The van der Waals surface area contributed by atoms with Gasteiger partial charge in [0.1, 0.15) is 5.69 Å². The zero-order valence-electron chi connectivity index (χ0n) is 12.5. The van der Waals surface area contributed by atoms with Gasteiger partial charge in [0.05, 0.1) is 0 Å². The molecule has 1 fully saturated rings. The summed E-state index contributed by atoms with van der Waals surface area (Å²) in [6, 6.07) is 10.1. The molecule has 1 aliphatic heterocycles. The van der Waals surface area contributed by atoms with Gasteiger partial charge >= 0.3 is 0 Å². The number of aromatic nitrogens is 1. The van der Waals surface area contributed by atoms with Gasteiger partial charge in [-0.3, -0.25) is 4.79 Å². The molecule has 1 atom stereocenters. The van der Waals surface area contributed by atoms with Crippen molar-refractivity contribution in [1.29, 1.82) is 0 Å². The summed E-state index contributed by atoms with van der Waals surface area (Å²) in [5, 5.41) is 4.03. The molecule has 1 aromatic carbocycles. The summed E-state index contributed by atoms with van der Waals surface area (Å²) in [5.74, 6) is 0.285. The van der Waals surface area contributed by atoms with Crippen molar-refractivity contribution in [3.63, 3.8) is 0 Å². The van der Waals surface area contributed by atoms with Crippen LogP contribution in [0, 0.1) is 6.92 Å². The second-order valence-corrected chi connectivity index (χ2v) is 5.79. The van der Waals surface area contributed by atoms with Crippen LogP contribution in [0.4, 0.5) is 0 Å². The zero-order chi connectivity index (χ0) is 14.8. The fraction of sp³-hybridized carbons (Fsp3) is 0.412. The number of aryl methyl sites for hydroxylation is 1. The molecule has 0 bridgehead atoms. The summed E-state index contributed by atoms with van der Waals surface area (Å²) in [5.41, 5.74) is 2.87. The van der Waals surface area contributed by atoms with Gasteiger partial charge in [-0.15, -0.1) is 0 Å². The Morgan fingerprint density at radius 1 is 1.29 bits per heavy atom. The third-order valence-electron chi connectivity index (χ3n) is 4.13. The lowest BCUT2D eigenvalue weighted by Gasteiger charge is -2.32. The number of carbonyl (C=O) groups is 1. The SMILES string of the molecule is Cc1ccc(-c2cc(C(=O)N3CCCCC3C)on2)cc1. The lowest BCUT2D eigenvalue weighted by Crippen LogP contribution is -2.41. The molecule has 3 rings (SSSR count). The first-order chi connectivity index (χ1) is 10.1. The highest BCUT2D eigenvalue weighted by Gasteiger charge is 2.27. The normalized spacial score (nSPS) is 18.8. The number of benzene rings is 1.